The summed E-state index contributed by atoms with van der Waals surface area (Å²) in [4.78, 5) is 3.90. The number of hydrogen-bond acceptors (Lipinski definition) is 1. The van der Waals surface area contributed by atoms with Crippen molar-refractivity contribution in [3.05, 3.63) is 26.2 Å². The highest BCUT2D eigenvalue weighted by molar-refractivity contribution is 14.1. The van der Waals surface area contributed by atoms with Crippen LogP contribution in [0, 0.1) is 3.57 Å². The molecule has 1 aromatic carbocycles. The lowest BCUT2D eigenvalue weighted by Gasteiger charge is -1.97. The summed E-state index contributed by atoms with van der Waals surface area (Å²) in [6.45, 7) is 0. The fourth-order valence-electron chi connectivity index (χ4n) is 0.704. The molecule has 0 fully saturated rings. The zero-order chi connectivity index (χ0) is 9.14. The van der Waals surface area contributed by atoms with E-state index in [0.717, 1.165) is 13.7 Å². The molecular weight excluding hydrogens is 333 g/mol. The summed E-state index contributed by atoms with van der Waals surface area (Å²) >= 11 is 5.59. The fraction of sp³-hybridized carbons (Fsp3) is 0. The Bertz CT molecular complexity index is 320. The van der Waals surface area contributed by atoms with Crippen LogP contribution < -0.4 is 11.5 Å². The first-order valence-electron chi connectivity index (χ1n) is 3.14. The average Bonchev–Trinajstić information content (AvgIpc) is 1.96. The molecule has 0 amide bonds. The smallest absolute Gasteiger partial charge is 0.191 e. The van der Waals surface area contributed by atoms with E-state index < -0.39 is 0 Å². The molecule has 0 heterocycles. The number of hydrogen-bond donors (Lipinski definition) is 2. The molecule has 3 nitrogen and oxygen atoms in total. The molecule has 1 rings (SSSR count). The second-order valence-corrected chi connectivity index (χ2v) is 4.15. The molecule has 64 valence electrons. The Labute approximate surface area is 92.5 Å². The van der Waals surface area contributed by atoms with Crippen LogP contribution in [0.25, 0.3) is 0 Å². The van der Waals surface area contributed by atoms with E-state index in [1.54, 1.807) is 0 Å². The molecule has 0 radical (unpaired) electrons. The van der Waals surface area contributed by atoms with Gasteiger partial charge in [-0.3, -0.25) is 0 Å². The first-order chi connectivity index (χ1) is 5.59. The molecule has 0 saturated carbocycles. The summed E-state index contributed by atoms with van der Waals surface area (Å²) in [5, 5.41) is 0. The van der Waals surface area contributed by atoms with Gasteiger partial charge in [0.15, 0.2) is 5.96 Å². The van der Waals surface area contributed by atoms with Crippen LogP contribution in [0.5, 0.6) is 0 Å². The summed E-state index contributed by atoms with van der Waals surface area (Å²) in [7, 11) is 0. The molecule has 4 N–H and O–H groups in total. The van der Waals surface area contributed by atoms with Gasteiger partial charge in [0, 0.05) is 8.04 Å². The van der Waals surface area contributed by atoms with Crippen molar-refractivity contribution in [3.8, 4) is 0 Å². The number of nitrogens with zero attached hydrogens (tertiary/aromatic N) is 1. The quantitative estimate of drug-likeness (QED) is 0.466. The van der Waals surface area contributed by atoms with Crippen LogP contribution in [-0.2, 0) is 0 Å². The lowest BCUT2D eigenvalue weighted by molar-refractivity contribution is 1.41. The zero-order valence-electron chi connectivity index (χ0n) is 6.09. The van der Waals surface area contributed by atoms with Gasteiger partial charge in [-0.2, -0.15) is 0 Å². The minimum Gasteiger partial charge on any atom is -0.370 e. The molecule has 0 bridgehead atoms. The first-order valence-corrected chi connectivity index (χ1v) is 5.01. The highest BCUT2D eigenvalue weighted by Crippen LogP contribution is 2.24. The van der Waals surface area contributed by atoms with Gasteiger partial charge in [0.1, 0.15) is 0 Å². The van der Waals surface area contributed by atoms with E-state index in [4.69, 9.17) is 11.5 Å². The average molecular weight is 340 g/mol. The number of guanidine groups is 1. The van der Waals surface area contributed by atoms with Crippen LogP contribution in [0.4, 0.5) is 5.69 Å². The van der Waals surface area contributed by atoms with E-state index in [9.17, 15) is 0 Å². The lowest BCUT2D eigenvalue weighted by Crippen LogP contribution is -2.21. The molecule has 0 spiro atoms. The Hall–Kier alpha value is -0.300. The van der Waals surface area contributed by atoms with Crippen molar-refractivity contribution >= 4 is 50.2 Å². The predicted octanol–water partition coefficient (Wildman–Crippen LogP) is 1.96. The maximum absolute atomic E-state index is 5.22. The molecule has 0 atom stereocenters. The van der Waals surface area contributed by atoms with Gasteiger partial charge in [-0.05, 0) is 56.7 Å². The summed E-state index contributed by atoms with van der Waals surface area (Å²) in [6.07, 6.45) is 0. The fourth-order valence-corrected chi connectivity index (χ4v) is 1.41. The van der Waals surface area contributed by atoms with E-state index in [1.807, 2.05) is 18.2 Å². The summed E-state index contributed by atoms with van der Waals surface area (Å²) in [5.74, 6) is 0.0723. The molecule has 5 heteroatoms. The van der Waals surface area contributed by atoms with Gasteiger partial charge in [-0.15, -0.1) is 0 Å². The van der Waals surface area contributed by atoms with Gasteiger partial charge in [0.25, 0.3) is 0 Å². The summed E-state index contributed by atoms with van der Waals surface area (Å²) < 4.78 is 2.12. The number of aliphatic imine (C=N–C) groups is 1. The van der Waals surface area contributed by atoms with Crippen molar-refractivity contribution in [2.45, 2.75) is 0 Å². The van der Waals surface area contributed by atoms with Crippen LogP contribution in [0.1, 0.15) is 0 Å². The monoisotopic (exact) mass is 339 g/mol. The minimum absolute atomic E-state index is 0.0723. The third-order valence-electron chi connectivity index (χ3n) is 1.16. The zero-order valence-corrected chi connectivity index (χ0v) is 9.83. The molecule has 0 unspecified atom stereocenters. The Morgan fingerprint density at radius 2 is 2.08 bits per heavy atom. The van der Waals surface area contributed by atoms with E-state index in [0.29, 0.717) is 0 Å². The van der Waals surface area contributed by atoms with Crippen molar-refractivity contribution in [1.29, 1.82) is 0 Å². The highest BCUT2D eigenvalue weighted by Gasteiger charge is 1.96. The first kappa shape index (κ1) is 9.79. The van der Waals surface area contributed by atoms with Gasteiger partial charge >= 0.3 is 0 Å². The molecular formula is C7H7BrIN3. The number of halogens is 2. The largest absolute Gasteiger partial charge is 0.370 e. The molecule has 0 aliphatic heterocycles. The summed E-state index contributed by atoms with van der Waals surface area (Å²) in [6, 6.07) is 5.65. The SMILES string of the molecule is NC(N)=Nc1ccc(I)c(Br)c1. The van der Waals surface area contributed by atoms with Gasteiger partial charge < -0.3 is 11.5 Å². The van der Waals surface area contributed by atoms with Gasteiger partial charge in [-0.25, -0.2) is 4.99 Å². The topological polar surface area (TPSA) is 64.4 Å². The molecule has 1 aromatic rings. The lowest BCUT2D eigenvalue weighted by atomic mass is 10.3. The Kier molecular flexibility index (Phi) is 3.33. The van der Waals surface area contributed by atoms with E-state index in [1.165, 1.54) is 0 Å². The van der Waals surface area contributed by atoms with E-state index in [2.05, 4.69) is 43.5 Å². The predicted molar refractivity (Wildman–Crippen MR) is 62.3 cm³/mol. The number of benzene rings is 1. The third kappa shape index (κ3) is 2.63. The molecule has 0 saturated heterocycles. The maximum atomic E-state index is 5.22. The van der Waals surface area contributed by atoms with Gasteiger partial charge in [-0.1, -0.05) is 0 Å². The van der Waals surface area contributed by atoms with Crippen molar-refractivity contribution in [3.63, 3.8) is 0 Å². The standard InChI is InChI=1S/C7H7BrIN3/c8-5-3-4(12-7(10)11)1-2-6(5)9/h1-3H,(H4,10,11,12). The van der Waals surface area contributed by atoms with E-state index >= 15 is 0 Å². The van der Waals surface area contributed by atoms with Crippen LogP contribution >= 0.6 is 38.5 Å². The van der Waals surface area contributed by atoms with Crippen LogP contribution in [0.3, 0.4) is 0 Å². The molecule has 0 aliphatic rings. The number of rotatable bonds is 1. The van der Waals surface area contributed by atoms with Gasteiger partial charge in [0.05, 0.1) is 5.69 Å². The van der Waals surface area contributed by atoms with Crippen molar-refractivity contribution < 1.29 is 0 Å². The van der Waals surface area contributed by atoms with Crippen molar-refractivity contribution in [2.75, 3.05) is 0 Å². The van der Waals surface area contributed by atoms with Crippen molar-refractivity contribution in [1.82, 2.24) is 0 Å². The van der Waals surface area contributed by atoms with E-state index in [-0.39, 0.29) is 5.96 Å². The second-order valence-electron chi connectivity index (χ2n) is 2.14. The van der Waals surface area contributed by atoms with Gasteiger partial charge in [0.2, 0.25) is 0 Å². The molecule has 0 aromatic heterocycles. The molecule has 0 aliphatic carbocycles. The molecule has 12 heavy (non-hydrogen) atoms. The Morgan fingerprint density at radius 1 is 1.42 bits per heavy atom. The highest BCUT2D eigenvalue weighted by atomic mass is 127. The van der Waals surface area contributed by atoms with Crippen LogP contribution in [0.15, 0.2) is 27.7 Å². The van der Waals surface area contributed by atoms with Crippen LogP contribution in [0.2, 0.25) is 0 Å². The Morgan fingerprint density at radius 3 is 2.58 bits per heavy atom. The Balaban J connectivity index is 3.05. The second kappa shape index (κ2) is 4.08. The van der Waals surface area contributed by atoms with Crippen LogP contribution in [-0.4, -0.2) is 5.96 Å². The normalized spacial score (nSPS) is 9.50. The van der Waals surface area contributed by atoms with Crippen molar-refractivity contribution in [2.24, 2.45) is 16.5 Å². The third-order valence-corrected chi connectivity index (χ3v) is 3.50. The number of nitrogens with two attached hydrogens (primary N) is 2. The minimum atomic E-state index is 0.0723. The maximum Gasteiger partial charge on any atom is 0.191 e. The summed E-state index contributed by atoms with van der Waals surface area (Å²) in [5.41, 5.74) is 11.2.